The Morgan fingerprint density at radius 3 is 2.53 bits per heavy atom. The zero-order chi connectivity index (χ0) is 25.5. The van der Waals surface area contributed by atoms with Crippen LogP contribution in [0.25, 0.3) is 6.08 Å². The summed E-state index contributed by atoms with van der Waals surface area (Å²) in [5, 5.41) is 0.706. The van der Waals surface area contributed by atoms with Crippen LogP contribution in [-0.2, 0) is 11.4 Å². The van der Waals surface area contributed by atoms with Crippen molar-refractivity contribution in [2.24, 2.45) is 4.99 Å². The van der Waals surface area contributed by atoms with Gasteiger partial charge >= 0.3 is 0 Å². The zero-order valence-corrected chi connectivity index (χ0v) is 23.1. The van der Waals surface area contributed by atoms with Crippen molar-refractivity contribution in [2.45, 2.75) is 33.3 Å². The molecule has 3 aromatic rings. The lowest BCUT2D eigenvalue weighted by Gasteiger charge is -2.15. The molecule has 7 heteroatoms. The van der Waals surface area contributed by atoms with Crippen LogP contribution < -0.4 is 9.47 Å². The van der Waals surface area contributed by atoms with E-state index in [-0.39, 0.29) is 5.91 Å². The maximum Gasteiger partial charge on any atom is 0.266 e. The van der Waals surface area contributed by atoms with E-state index in [9.17, 15) is 4.79 Å². The minimum Gasteiger partial charge on any atom is -0.493 e. The molecule has 186 valence electrons. The van der Waals surface area contributed by atoms with Gasteiger partial charge < -0.3 is 9.47 Å². The van der Waals surface area contributed by atoms with E-state index in [4.69, 9.17) is 14.5 Å². The Morgan fingerprint density at radius 1 is 1.08 bits per heavy atom. The lowest BCUT2D eigenvalue weighted by molar-refractivity contribution is -0.122. The number of benzene rings is 3. The number of unbranched alkanes of at least 4 members (excludes halogenated alkanes) is 1. The molecule has 0 aliphatic carbocycles. The van der Waals surface area contributed by atoms with Gasteiger partial charge in [-0.2, -0.15) is 0 Å². The maximum absolute atomic E-state index is 13.3. The summed E-state index contributed by atoms with van der Waals surface area (Å²) in [6.45, 7) is 5.23. The van der Waals surface area contributed by atoms with Crippen molar-refractivity contribution in [3.63, 3.8) is 0 Å². The predicted molar refractivity (Wildman–Crippen MR) is 152 cm³/mol. The summed E-state index contributed by atoms with van der Waals surface area (Å²) in [5.41, 5.74) is 3.92. The number of thioether (sulfide) groups is 1. The molecule has 0 spiro atoms. The van der Waals surface area contributed by atoms with Crippen LogP contribution in [0.3, 0.4) is 0 Å². The fourth-order valence-electron chi connectivity index (χ4n) is 3.68. The number of aliphatic imine (C=N–C) groups is 1. The molecule has 0 N–H and O–H groups in total. The highest BCUT2D eigenvalue weighted by molar-refractivity contribution is 9.10. The van der Waals surface area contributed by atoms with Crippen molar-refractivity contribution < 1.29 is 14.3 Å². The smallest absolute Gasteiger partial charge is 0.266 e. The first-order valence-electron chi connectivity index (χ1n) is 11.9. The Labute approximate surface area is 225 Å². The lowest BCUT2D eigenvalue weighted by Crippen LogP contribution is -2.30. The van der Waals surface area contributed by atoms with E-state index < -0.39 is 0 Å². The van der Waals surface area contributed by atoms with Crippen molar-refractivity contribution in [3.8, 4) is 11.5 Å². The van der Waals surface area contributed by atoms with Crippen molar-refractivity contribution in [1.82, 2.24) is 4.90 Å². The molecule has 4 rings (SSSR count). The van der Waals surface area contributed by atoms with Crippen LogP contribution in [0.2, 0.25) is 0 Å². The molecule has 0 radical (unpaired) electrons. The van der Waals surface area contributed by atoms with Crippen LogP contribution in [0.4, 0.5) is 5.69 Å². The third-order valence-electron chi connectivity index (χ3n) is 5.66. The van der Waals surface area contributed by atoms with Crippen LogP contribution in [0.15, 0.2) is 81.1 Å². The molecule has 3 aromatic carbocycles. The van der Waals surface area contributed by atoms with Crippen LogP contribution in [-0.4, -0.2) is 29.6 Å². The standard InChI is InChI=1S/C29H29BrN2O3S/c1-4-5-15-32-28(33)26(36-29(32)31-23-13-11-20(2)12-14-23)18-22-16-24(30)27(25(17-22)34-3)35-19-21-9-7-6-8-10-21/h6-14,16-18H,4-5,15,19H2,1-3H3/b26-18+,31-29?. The Morgan fingerprint density at radius 2 is 1.83 bits per heavy atom. The number of halogens is 1. The third kappa shape index (κ3) is 6.39. The maximum atomic E-state index is 13.3. The summed E-state index contributed by atoms with van der Waals surface area (Å²) in [6, 6.07) is 21.8. The Hall–Kier alpha value is -3.03. The van der Waals surface area contributed by atoms with Crippen LogP contribution >= 0.6 is 27.7 Å². The molecule has 0 saturated carbocycles. The average Bonchev–Trinajstić information content (AvgIpc) is 3.17. The van der Waals surface area contributed by atoms with Gasteiger partial charge in [-0.3, -0.25) is 9.69 Å². The number of amides is 1. The van der Waals surface area contributed by atoms with Gasteiger partial charge in [0, 0.05) is 6.54 Å². The van der Waals surface area contributed by atoms with Gasteiger partial charge in [-0.05, 0) is 82.5 Å². The molecule has 0 aromatic heterocycles. The van der Waals surface area contributed by atoms with Crippen molar-refractivity contribution in [1.29, 1.82) is 0 Å². The summed E-state index contributed by atoms with van der Waals surface area (Å²) in [6.07, 6.45) is 3.80. The van der Waals surface area contributed by atoms with Crippen molar-refractivity contribution >= 4 is 50.5 Å². The zero-order valence-electron chi connectivity index (χ0n) is 20.7. The van der Waals surface area contributed by atoms with Gasteiger partial charge in [0.15, 0.2) is 16.7 Å². The minimum absolute atomic E-state index is 0.0289. The Balaban J connectivity index is 1.60. The predicted octanol–water partition coefficient (Wildman–Crippen LogP) is 7.75. The van der Waals surface area contributed by atoms with Gasteiger partial charge in [-0.15, -0.1) is 0 Å². The third-order valence-corrected chi connectivity index (χ3v) is 7.25. The van der Waals surface area contributed by atoms with Gasteiger partial charge in [0.1, 0.15) is 6.61 Å². The first-order valence-corrected chi connectivity index (χ1v) is 13.5. The molecule has 1 saturated heterocycles. The quantitative estimate of drug-likeness (QED) is 0.249. The monoisotopic (exact) mass is 564 g/mol. The van der Waals surface area contributed by atoms with Crippen LogP contribution in [0, 0.1) is 6.92 Å². The number of amidine groups is 1. The van der Waals surface area contributed by atoms with Gasteiger partial charge in [-0.1, -0.05) is 61.4 Å². The highest BCUT2D eigenvalue weighted by atomic mass is 79.9. The summed E-state index contributed by atoms with van der Waals surface area (Å²) in [5.74, 6) is 1.19. The highest BCUT2D eigenvalue weighted by Crippen LogP contribution is 2.40. The molecule has 1 heterocycles. The van der Waals surface area contributed by atoms with E-state index in [1.165, 1.54) is 17.3 Å². The summed E-state index contributed by atoms with van der Waals surface area (Å²) >= 11 is 5.03. The van der Waals surface area contributed by atoms with Crippen LogP contribution in [0.1, 0.15) is 36.5 Å². The second kappa shape index (κ2) is 12.3. The summed E-state index contributed by atoms with van der Waals surface area (Å²) in [7, 11) is 1.61. The highest BCUT2D eigenvalue weighted by Gasteiger charge is 2.33. The molecule has 36 heavy (non-hydrogen) atoms. The molecule has 0 atom stereocenters. The first kappa shape index (κ1) is 26.0. The molecule has 1 aliphatic rings. The molecule has 0 bridgehead atoms. The fourth-order valence-corrected chi connectivity index (χ4v) is 5.28. The normalized spacial score (nSPS) is 15.7. The lowest BCUT2D eigenvalue weighted by atomic mass is 10.1. The number of hydrogen-bond donors (Lipinski definition) is 0. The average molecular weight is 566 g/mol. The first-order chi connectivity index (χ1) is 17.5. The van der Waals surface area contributed by atoms with Gasteiger partial charge in [0.05, 0.1) is 22.2 Å². The number of aryl methyl sites for hydroxylation is 1. The number of hydrogen-bond acceptors (Lipinski definition) is 5. The second-order valence-corrected chi connectivity index (χ2v) is 10.3. The molecule has 0 unspecified atom stereocenters. The number of methoxy groups -OCH3 is 1. The molecule has 1 amide bonds. The Kier molecular flexibility index (Phi) is 8.88. The van der Waals surface area contributed by atoms with E-state index in [1.807, 2.05) is 79.7 Å². The van der Waals surface area contributed by atoms with Crippen LogP contribution in [0.5, 0.6) is 11.5 Å². The number of rotatable bonds is 9. The number of carbonyl (C=O) groups excluding carboxylic acids is 1. The van der Waals surface area contributed by atoms with E-state index in [0.29, 0.717) is 34.7 Å². The second-order valence-electron chi connectivity index (χ2n) is 8.46. The van der Waals surface area contributed by atoms with Gasteiger partial charge in [0.2, 0.25) is 0 Å². The van der Waals surface area contributed by atoms with Crippen molar-refractivity contribution in [2.75, 3.05) is 13.7 Å². The van der Waals surface area contributed by atoms with E-state index in [1.54, 1.807) is 12.0 Å². The molecular weight excluding hydrogens is 536 g/mol. The number of carbonyl (C=O) groups is 1. The SMILES string of the molecule is CCCCN1C(=O)/C(=C\c2cc(Br)c(OCc3ccccc3)c(OC)c2)SC1=Nc1ccc(C)cc1. The van der Waals surface area contributed by atoms with E-state index in [2.05, 4.69) is 22.9 Å². The van der Waals surface area contributed by atoms with E-state index in [0.717, 1.165) is 34.1 Å². The number of nitrogens with zero attached hydrogens (tertiary/aromatic N) is 2. The number of ether oxygens (including phenoxy) is 2. The van der Waals surface area contributed by atoms with Crippen molar-refractivity contribution in [3.05, 3.63) is 92.8 Å². The molecule has 1 fully saturated rings. The Bertz CT molecular complexity index is 1270. The molecular formula is C29H29BrN2O3S. The summed E-state index contributed by atoms with van der Waals surface area (Å²) < 4.78 is 12.4. The molecule has 5 nitrogen and oxygen atoms in total. The summed E-state index contributed by atoms with van der Waals surface area (Å²) in [4.78, 5) is 20.5. The topological polar surface area (TPSA) is 51.1 Å². The largest absolute Gasteiger partial charge is 0.493 e. The molecule has 1 aliphatic heterocycles. The van der Waals surface area contributed by atoms with E-state index >= 15 is 0 Å². The fraction of sp³-hybridized carbons (Fsp3) is 0.241. The van der Waals surface area contributed by atoms with Gasteiger partial charge in [0.25, 0.3) is 5.91 Å². The van der Waals surface area contributed by atoms with Gasteiger partial charge in [-0.25, -0.2) is 4.99 Å². The minimum atomic E-state index is -0.0289.